The molecule has 5 N–H and O–H groups in total. The Labute approximate surface area is 274 Å². The van der Waals surface area contributed by atoms with Gasteiger partial charge in [-0.15, -0.1) is 10.2 Å². The Morgan fingerprint density at radius 3 is 2.53 bits per heavy atom. The Bertz CT molecular complexity index is 1740. The van der Waals surface area contributed by atoms with Gasteiger partial charge in [0.15, 0.2) is 5.82 Å². The predicted molar refractivity (Wildman–Crippen MR) is 179 cm³/mol. The monoisotopic (exact) mass is 635 g/mol. The van der Waals surface area contributed by atoms with Crippen LogP contribution in [0.25, 0.3) is 16.9 Å². The number of piperidine rings is 1. The Balaban J connectivity index is 0.908. The molecule has 0 bridgehead atoms. The van der Waals surface area contributed by atoms with Crippen molar-refractivity contribution in [2.45, 2.75) is 63.1 Å². The van der Waals surface area contributed by atoms with Crippen LogP contribution >= 0.6 is 0 Å². The minimum absolute atomic E-state index is 0.135. The number of piperazine rings is 1. The van der Waals surface area contributed by atoms with Gasteiger partial charge in [-0.2, -0.15) is 5.10 Å². The number of aromatic nitrogens is 4. The molecule has 4 aromatic rings. The number of phenolic OH excluding ortho intramolecular Hbond substituents is 1. The van der Waals surface area contributed by atoms with Gasteiger partial charge in [-0.1, -0.05) is 36.4 Å². The van der Waals surface area contributed by atoms with Crippen LogP contribution in [0.3, 0.4) is 0 Å². The van der Waals surface area contributed by atoms with Crippen molar-refractivity contribution in [3.8, 4) is 22.7 Å². The largest absolute Gasteiger partial charge is 0.507 e. The molecule has 1 saturated carbocycles. The second-order valence-corrected chi connectivity index (χ2v) is 12.8. The predicted octanol–water partition coefficient (Wildman–Crippen LogP) is 3.36. The maximum Gasteiger partial charge on any atom is 0.243 e. The molecule has 3 fully saturated rings. The summed E-state index contributed by atoms with van der Waals surface area (Å²) >= 11 is 0. The van der Waals surface area contributed by atoms with Gasteiger partial charge in [0.2, 0.25) is 11.8 Å². The second-order valence-electron chi connectivity index (χ2n) is 12.8. The van der Waals surface area contributed by atoms with Crippen molar-refractivity contribution in [3.63, 3.8) is 0 Å². The van der Waals surface area contributed by atoms with Crippen LogP contribution in [0.5, 0.6) is 5.75 Å². The number of aromatic hydroxyl groups is 1. The number of phenols is 1. The number of amides is 2. The van der Waals surface area contributed by atoms with Crippen LogP contribution in [-0.2, 0) is 16.1 Å². The molecule has 47 heavy (non-hydrogen) atoms. The number of carbonyl (C=O) groups excluding carboxylic acids is 2. The highest BCUT2D eigenvalue weighted by molar-refractivity contribution is 6.00. The SMILES string of the molecule is Nc1nnc(-c2ccccc2O)cc1-n1cc(N2CCN(C3CCC(c4cccc(CN[C@H]5CCC(=O)NC5=O)c4)CC3)CC2)cn1. The van der Waals surface area contributed by atoms with Crippen molar-refractivity contribution in [2.75, 3.05) is 36.8 Å². The molecule has 2 saturated heterocycles. The first-order chi connectivity index (χ1) is 22.9. The lowest BCUT2D eigenvalue weighted by atomic mass is 9.80. The lowest BCUT2D eigenvalue weighted by molar-refractivity contribution is -0.134. The number of hydrogen-bond acceptors (Lipinski definition) is 10. The standard InChI is InChI=1S/C35H41N9O3/c36-34-31(19-30(40-41-34)28-6-1-2-7-32(28)45)44-22-27(21-38-44)43-16-14-42(15-17-43)26-10-8-24(9-11-26)25-5-3-4-23(18-25)20-37-29-12-13-33(46)39-35(29)47/h1-7,18-19,21-22,24,26,29,37,45H,8-17,20H2,(H2,36,41)(H,39,46,47)/t24?,26?,29-/m0/s1. The van der Waals surface area contributed by atoms with Crippen molar-refractivity contribution in [3.05, 3.63) is 78.1 Å². The topological polar surface area (TPSA) is 155 Å². The van der Waals surface area contributed by atoms with Crippen molar-refractivity contribution >= 4 is 23.3 Å². The van der Waals surface area contributed by atoms with Crippen LogP contribution in [-0.4, -0.2) is 80.1 Å². The highest BCUT2D eigenvalue weighted by atomic mass is 16.3. The van der Waals surface area contributed by atoms with E-state index < -0.39 is 0 Å². The number of nitrogen functional groups attached to an aromatic ring is 1. The number of rotatable bonds is 8. The molecule has 0 unspecified atom stereocenters. The molecule has 244 valence electrons. The van der Waals surface area contributed by atoms with Crippen LogP contribution in [0.15, 0.2) is 67.0 Å². The van der Waals surface area contributed by atoms with Crippen molar-refractivity contribution < 1.29 is 14.7 Å². The smallest absolute Gasteiger partial charge is 0.243 e. The van der Waals surface area contributed by atoms with E-state index >= 15 is 0 Å². The normalized spacial score (nSPS) is 22.3. The van der Waals surface area contributed by atoms with Gasteiger partial charge in [0.1, 0.15) is 11.4 Å². The molecule has 12 nitrogen and oxygen atoms in total. The maximum atomic E-state index is 12.1. The molecular formula is C35H41N9O3. The molecule has 2 aromatic carbocycles. The van der Waals surface area contributed by atoms with Crippen molar-refractivity contribution in [1.29, 1.82) is 0 Å². The quantitative estimate of drug-likeness (QED) is 0.212. The lowest BCUT2D eigenvalue weighted by Gasteiger charge is -2.42. The van der Waals surface area contributed by atoms with Gasteiger partial charge in [0, 0.05) is 50.7 Å². The molecule has 3 aliphatic rings. The first-order valence-corrected chi connectivity index (χ1v) is 16.5. The van der Waals surface area contributed by atoms with Crippen LogP contribution in [0.4, 0.5) is 11.5 Å². The van der Waals surface area contributed by atoms with E-state index in [9.17, 15) is 14.7 Å². The number of nitrogens with two attached hydrogens (primary N) is 1. The average molecular weight is 636 g/mol. The van der Waals surface area contributed by atoms with E-state index in [0.717, 1.165) is 31.9 Å². The zero-order valence-electron chi connectivity index (χ0n) is 26.4. The van der Waals surface area contributed by atoms with Gasteiger partial charge >= 0.3 is 0 Å². The maximum absolute atomic E-state index is 12.1. The minimum Gasteiger partial charge on any atom is -0.507 e. The summed E-state index contributed by atoms with van der Waals surface area (Å²) in [4.78, 5) is 28.6. The van der Waals surface area contributed by atoms with E-state index in [0.29, 0.717) is 48.3 Å². The third-order valence-electron chi connectivity index (χ3n) is 9.90. The highest BCUT2D eigenvalue weighted by Crippen LogP contribution is 2.36. The highest BCUT2D eigenvalue weighted by Gasteiger charge is 2.30. The minimum atomic E-state index is -0.315. The number of nitrogens with zero attached hydrogens (tertiary/aromatic N) is 6. The summed E-state index contributed by atoms with van der Waals surface area (Å²) in [6.45, 7) is 4.50. The third-order valence-corrected chi connectivity index (χ3v) is 9.90. The molecule has 2 amide bonds. The van der Waals surface area contributed by atoms with Gasteiger partial charge in [-0.05, 0) is 67.3 Å². The number of nitrogens with one attached hydrogen (secondary N) is 2. The zero-order chi connectivity index (χ0) is 32.3. The molecule has 0 radical (unpaired) electrons. The van der Waals surface area contributed by atoms with Crippen LogP contribution < -0.4 is 21.3 Å². The van der Waals surface area contributed by atoms with Crippen LogP contribution in [0.2, 0.25) is 0 Å². The zero-order valence-corrected chi connectivity index (χ0v) is 26.4. The summed E-state index contributed by atoms with van der Waals surface area (Å²) in [5, 5.41) is 28.9. The molecule has 4 heterocycles. The first-order valence-electron chi connectivity index (χ1n) is 16.5. The van der Waals surface area contributed by atoms with Crippen LogP contribution in [0, 0.1) is 0 Å². The van der Waals surface area contributed by atoms with Gasteiger partial charge in [-0.25, -0.2) is 4.68 Å². The fourth-order valence-electron chi connectivity index (χ4n) is 7.21. The third kappa shape index (κ3) is 6.84. The van der Waals surface area contributed by atoms with Gasteiger partial charge in [0.05, 0.1) is 29.8 Å². The Morgan fingerprint density at radius 1 is 0.936 bits per heavy atom. The number of para-hydroxylation sites is 1. The lowest BCUT2D eigenvalue weighted by Crippen LogP contribution is -2.51. The number of anilines is 2. The van der Waals surface area contributed by atoms with E-state index in [4.69, 9.17) is 5.73 Å². The van der Waals surface area contributed by atoms with E-state index in [-0.39, 0.29) is 29.4 Å². The molecule has 1 aliphatic carbocycles. The second kappa shape index (κ2) is 13.5. The van der Waals surface area contributed by atoms with Gasteiger partial charge in [0.25, 0.3) is 0 Å². The number of hydrogen-bond donors (Lipinski definition) is 4. The summed E-state index contributed by atoms with van der Waals surface area (Å²) < 4.78 is 1.73. The summed E-state index contributed by atoms with van der Waals surface area (Å²) in [6.07, 6.45) is 9.51. The summed E-state index contributed by atoms with van der Waals surface area (Å²) in [5.74, 6) is 0.549. The van der Waals surface area contributed by atoms with E-state index in [1.165, 1.54) is 36.8 Å². The molecule has 2 aliphatic heterocycles. The van der Waals surface area contributed by atoms with Crippen molar-refractivity contribution in [1.82, 2.24) is 35.5 Å². The molecule has 0 spiro atoms. The Morgan fingerprint density at radius 2 is 1.74 bits per heavy atom. The van der Waals surface area contributed by atoms with Gasteiger partial charge in [-0.3, -0.25) is 19.8 Å². The van der Waals surface area contributed by atoms with Gasteiger partial charge < -0.3 is 21.1 Å². The number of benzene rings is 2. The number of imide groups is 1. The molecule has 7 rings (SSSR count). The average Bonchev–Trinajstić information content (AvgIpc) is 3.59. The summed E-state index contributed by atoms with van der Waals surface area (Å²) in [5.41, 5.74) is 11.5. The summed E-state index contributed by atoms with van der Waals surface area (Å²) in [6, 6.07) is 17.9. The summed E-state index contributed by atoms with van der Waals surface area (Å²) in [7, 11) is 0. The molecule has 12 heteroatoms. The Kier molecular flexibility index (Phi) is 8.86. The molecule has 2 aromatic heterocycles. The van der Waals surface area contributed by atoms with Crippen molar-refractivity contribution in [2.24, 2.45) is 0 Å². The van der Waals surface area contributed by atoms with E-state index in [2.05, 4.69) is 60.0 Å². The fraction of sp³-hybridized carbons (Fsp3) is 0.400. The number of carbonyl (C=O) groups is 2. The van der Waals surface area contributed by atoms with E-state index in [1.807, 2.05) is 18.5 Å². The first kappa shape index (κ1) is 30.8. The Hall–Kier alpha value is -4.81. The molecule has 1 atom stereocenters. The fourth-order valence-corrected chi connectivity index (χ4v) is 7.21. The molecular weight excluding hydrogens is 594 g/mol. The van der Waals surface area contributed by atoms with E-state index in [1.54, 1.807) is 28.9 Å². The van der Waals surface area contributed by atoms with Crippen LogP contribution in [0.1, 0.15) is 55.6 Å².